The van der Waals surface area contributed by atoms with Crippen LogP contribution in [0.2, 0.25) is 0 Å². The number of aryl methyl sites for hydroxylation is 2. The number of anilines is 4. The molecule has 0 unspecified atom stereocenters. The molecule has 4 rings (SSSR count). The van der Waals surface area contributed by atoms with Crippen LogP contribution < -0.4 is 22.9 Å². The van der Waals surface area contributed by atoms with E-state index in [1.54, 1.807) is 0 Å². The molecule has 0 aliphatic heterocycles. The van der Waals surface area contributed by atoms with Crippen LogP contribution in [0.4, 0.5) is 22.7 Å². The third-order valence-electron chi connectivity index (χ3n) is 5.42. The molecule has 0 saturated carbocycles. The fraction of sp³-hybridized carbons (Fsp3) is 0.143. The van der Waals surface area contributed by atoms with E-state index in [9.17, 15) is 0 Å². The van der Waals surface area contributed by atoms with E-state index in [0.717, 1.165) is 35.6 Å². The van der Waals surface area contributed by atoms with Gasteiger partial charge in [0.2, 0.25) is 0 Å². The molecule has 0 heterocycles. The van der Waals surface area contributed by atoms with Gasteiger partial charge in [-0.05, 0) is 109 Å². The lowest BCUT2D eigenvalue weighted by molar-refractivity contribution is 1.13. The predicted molar refractivity (Wildman–Crippen MR) is 139 cm³/mol. The van der Waals surface area contributed by atoms with Crippen LogP contribution >= 0.6 is 0 Å². The van der Waals surface area contributed by atoms with Crippen LogP contribution in [-0.4, -0.2) is 0 Å². The second-order valence-electron chi connectivity index (χ2n) is 8.22. The molecule has 8 N–H and O–H groups in total. The molecule has 0 aromatic heterocycles. The molecule has 0 aliphatic carbocycles. The van der Waals surface area contributed by atoms with E-state index in [4.69, 9.17) is 22.9 Å². The molecule has 0 amide bonds. The highest BCUT2D eigenvalue weighted by Gasteiger charge is 2.04. The van der Waals surface area contributed by atoms with Crippen molar-refractivity contribution in [1.82, 2.24) is 0 Å². The Hall–Kier alpha value is -3.92. The Morgan fingerprint density at radius 3 is 1.25 bits per heavy atom. The third kappa shape index (κ3) is 6.54. The van der Waals surface area contributed by atoms with E-state index in [1.807, 2.05) is 60.7 Å². The average Bonchev–Trinajstić information content (AvgIpc) is 2.72. The van der Waals surface area contributed by atoms with Crippen molar-refractivity contribution in [3.8, 4) is 0 Å². The van der Waals surface area contributed by atoms with Crippen molar-refractivity contribution in [1.29, 1.82) is 0 Å². The fourth-order valence-electron chi connectivity index (χ4n) is 3.68. The molecule has 4 aromatic carbocycles. The van der Waals surface area contributed by atoms with Crippen LogP contribution in [0.25, 0.3) is 0 Å². The lowest BCUT2D eigenvalue weighted by Gasteiger charge is -2.10. The molecule has 0 radical (unpaired) electrons. The van der Waals surface area contributed by atoms with Crippen LogP contribution in [0.15, 0.2) is 84.9 Å². The molecule has 0 fully saturated rings. The first kappa shape index (κ1) is 22.8. The van der Waals surface area contributed by atoms with Crippen molar-refractivity contribution in [2.75, 3.05) is 22.9 Å². The zero-order chi connectivity index (χ0) is 23.1. The highest BCUT2D eigenvalue weighted by Crippen LogP contribution is 2.20. The normalized spacial score (nSPS) is 10.3. The second kappa shape index (κ2) is 10.4. The third-order valence-corrected chi connectivity index (χ3v) is 5.42. The van der Waals surface area contributed by atoms with Gasteiger partial charge < -0.3 is 22.9 Å². The summed E-state index contributed by atoms with van der Waals surface area (Å²) >= 11 is 0. The summed E-state index contributed by atoms with van der Waals surface area (Å²) in [5.74, 6) is 0. The first-order valence-electron chi connectivity index (χ1n) is 10.7. The minimum absolute atomic E-state index is 0.802. The van der Waals surface area contributed by atoms with Gasteiger partial charge in [0.25, 0.3) is 0 Å². The first-order valence-corrected chi connectivity index (χ1v) is 10.7. The summed E-state index contributed by atoms with van der Waals surface area (Å²) in [4.78, 5) is 0. The summed E-state index contributed by atoms with van der Waals surface area (Å²) in [7, 11) is 0. The van der Waals surface area contributed by atoms with Crippen molar-refractivity contribution in [3.05, 3.63) is 118 Å². The van der Waals surface area contributed by atoms with Crippen molar-refractivity contribution in [2.45, 2.75) is 26.7 Å². The quantitative estimate of drug-likeness (QED) is 0.325. The Balaban J connectivity index is 0.000000182. The maximum Gasteiger partial charge on any atom is 0.0316 e. The van der Waals surface area contributed by atoms with Crippen LogP contribution in [0.1, 0.15) is 33.4 Å². The van der Waals surface area contributed by atoms with Gasteiger partial charge in [-0.15, -0.1) is 0 Å². The smallest absolute Gasteiger partial charge is 0.0316 e. The number of nitrogens with two attached hydrogens (primary N) is 4. The molecule has 0 saturated heterocycles. The van der Waals surface area contributed by atoms with Gasteiger partial charge in [-0.2, -0.15) is 0 Å². The number of hydrogen-bond donors (Lipinski definition) is 4. The van der Waals surface area contributed by atoms with Crippen molar-refractivity contribution in [2.24, 2.45) is 0 Å². The summed E-state index contributed by atoms with van der Waals surface area (Å²) in [6, 6.07) is 28.0. The molecule has 4 heteroatoms. The molecular formula is C28H32N4. The van der Waals surface area contributed by atoms with E-state index in [1.165, 1.54) is 33.4 Å². The monoisotopic (exact) mass is 424 g/mol. The van der Waals surface area contributed by atoms with E-state index >= 15 is 0 Å². The predicted octanol–water partition coefficient (Wildman–Crippen LogP) is 5.50. The van der Waals surface area contributed by atoms with Crippen LogP contribution in [0, 0.1) is 13.8 Å². The van der Waals surface area contributed by atoms with Gasteiger partial charge in [0.1, 0.15) is 0 Å². The highest BCUT2D eigenvalue weighted by atomic mass is 14.6. The maximum absolute atomic E-state index is 5.75. The van der Waals surface area contributed by atoms with E-state index in [-0.39, 0.29) is 0 Å². The lowest BCUT2D eigenvalue weighted by Crippen LogP contribution is -1.97. The fourth-order valence-corrected chi connectivity index (χ4v) is 3.68. The number of rotatable bonds is 4. The second-order valence-corrected chi connectivity index (χ2v) is 8.22. The molecule has 0 atom stereocenters. The van der Waals surface area contributed by atoms with Gasteiger partial charge in [-0.3, -0.25) is 0 Å². The summed E-state index contributed by atoms with van der Waals surface area (Å²) < 4.78 is 0. The zero-order valence-electron chi connectivity index (χ0n) is 18.8. The van der Waals surface area contributed by atoms with E-state index < -0.39 is 0 Å². The minimum atomic E-state index is 0.802. The van der Waals surface area contributed by atoms with Crippen molar-refractivity contribution >= 4 is 22.7 Å². The van der Waals surface area contributed by atoms with Gasteiger partial charge in [0.15, 0.2) is 0 Å². The highest BCUT2D eigenvalue weighted by molar-refractivity contribution is 5.49. The Labute approximate surface area is 190 Å². The van der Waals surface area contributed by atoms with Gasteiger partial charge in [-0.1, -0.05) is 36.4 Å². The Bertz CT molecular complexity index is 1100. The van der Waals surface area contributed by atoms with E-state index in [2.05, 4.69) is 38.1 Å². The summed E-state index contributed by atoms with van der Waals surface area (Å²) in [6.07, 6.45) is 1.80. The van der Waals surface area contributed by atoms with Crippen LogP contribution in [0.5, 0.6) is 0 Å². The molecular weight excluding hydrogens is 392 g/mol. The number of nitrogen functional groups attached to an aromatic ring is 4. The van der Waals surface area contributed by atoms with Crippen LogP contribution in [-0.2, 0) is 12.8 Å². The average molecular weight is 425 g/mol. The molecule has 32 heavy (non-hydrogen) atoms. The summed E-state index contributed by atoms with van der Waals surface area (Å²) in [6.45, 7) is 4.19. The van der Waals surface area contributed by atoms with Gasteiger partial charge >= 0.3 is 0 Å². The topological polar surface area (TPSA) is 104 Å². The molecule has 164 valence electrons. The van der Waals surface area contributed by atoms with Crippen molar-refractivity contribution in [3.63, 3.8) is 0 Å². The Morgan fingerprint density at radius 2 is 0.875 bits per heavy atom. The minimum Gasteiger partial charge on any atom is -0.399 e. The summed E-state index contributed by atoms with van der Waals surface area (Å²) in [5, 5.41) is 0. The first-order chi connectivity index (χ1) is 15.3. The molecule has 4 nitrogen and oxygen atoms in total. The standard InChI is InChI=1S/C15H18N2.C13H14N2/c1-10-7-14(16)5-3-12(10)9-13-4-6-15(17)8-11(13)2;14-12-5-1-3-10(8-12)7-11-4-2-6-13(15)9-11/h3-8H,9,16-17H2,1-2H3;1-6,8-9H,7,14-15H2. The molecule has 0 bridgehead atoms. The maximum atomic E-state index is 5.75. The summed E-state index contributed by atoms with van der Waals surface area (Å²) in [5.41, 5.74) is 33.7. The van der Waals surface area contributed by atoms with Crippen molar-refractivity contribution < 1.29 is 0 Å². The Morgan fingerprint density at radius 1 is 0.469 bits per heavy atom. The van der Waals surface area contributed by atoms with Gasteiger partial charge in [0, 0.05) is 22.7 Å². The molecule has 4 aromatic rings. The Kier molecular flexibility index (Phi) is 7.40. The number of benzene rings is 4. The van der Waals surface area contributed by atoms with E-state index in [0.29, 0.717) is 0 Å². The largest absolute Gasteiger partial charge is 0.399 e. The van der Waals surface area contributed by atoms with Gasteiger partial charge in [-0.25, -0.2) is 0 Å². The molecule has 0 spiro atoms. The number of hydrogen-bond acceptors (Lipinski definition) is 4. The zero-order valence-corrected chi connectivity index (χ0v) is 18.8. The van der Waals surface area contributed by atoms with Gasteiger partial charge in [0.05, 0.1) is 0 Å². The SMILES string of the molecule is Cc1cc(N)ccc1Cc1ccc(N)cc1C.Nc1cccc(Cc2cccc(N)c2)c1. The molecule has 0 aliphatic rings. The lowest BCUT2D eigenvalue weighted by atomic mass is 9.97. The van der Waals surface area contributed by atoms with Crippen LogP contribution in [0.3, 0.4) is 0 Å².